The van der Waals surface area contributed by atoms with Gasteiger partial charge in [-0.05, 0) is 43.0 Å². The number of nitrogens with one attached hydrogen (secondary N) is 1. The summed E-state index contributed by atoms with van der Waals surface area (Å²) < 4.78 is 10.5. The van der Waals surface area contributed by atoms with Crippen molar-refractivity contribution in [2.24, 2.45) is 5.92 Å². The number of amides is 1. The highest BCUT2D eigenvalue weighted by molar-refractivity contribution is 5.97. The molecule has 1 N–H and O–H groups in total. The smallest absolute Gasteiger partial charge is 0.349 e. The molecule has 1 aromatic carbocycles. The fourth-order valence-corrected chi connectivity index (χ4v) is 3.85. The number of pyridine rings is 1. The molecule has 0 radical (unpaired) electrons. The summed E-state index contributed by atoms with van der Waals surface area (Å²) in [5.41, 5.74) is 0.174. The maximum absolute atomic E-state index is 12.6. The molecule has 4 rings (SSSR count). The van der Waals surface area contributed by atoms with Crippen LogP contribution in [0.15, 0.2) is 51.8 Å². The molecule has 1 fully saturated rings. The van der Waals surface area contributed by atoms with Crippen LogP contribution < -0.4 is 20.6 Å². The fraction of sp³-hybridized carbons (Fsp3) is 0.304. The Labute approximate surface area is 179 Å². The second-order valence-electron chi connectivity index (χ2n) is 7.45. The zero-order valence-electron chi connectivity index (χ0n) is 17.1. The standard InChI is InChI=1S/C23H22N4O4/c1-30-19-6-2-4-16-12-18(23(29)31-20(16)19)22(28)26-14-15-7-10-27(11-8-15)21-17(13-24)5-3-9-25-21/h2-6,9,12,15H,7-8,10-11,14H2,1H3,(H,26,28). The van der Waals surface area contributed by atoms with Gasteiger partial charge in [-0.3, -0.25) is 4.79 Å². The molecule has 1 aliphatic rings. The molecule has 1 saturated heterocycles. The molecule has 0 atom stereocenters. The van der Waals surface area contributed by atoms with Gasteiger partial charge in [-0.25, -0.2) is 9.78 Å². The highest BCUT2D eigenvalue weighted by Gasteiger charge is 2.23. The average Bonchev–Trinajstić information content (AvgIpc) is 2.82. The molecule has 3 heterocycles. The van der Waals surface area contributed by atoms with E-state index >= 15 is 0 Å². The Balaban J connectivity index is 1.38. The van der Waals surface area contributed by atoms with Gasteiger partial charge in [0, 0.05) is 31.2 Å². The molecule has 0 saturated carbocycles. The van der Waals surface area contributed by atoms with E-state index in [4.69, 9.17) is 9.15 Å². The summed E-state index contributed by atoms with van der Waals surface area (Å²) in [6.45, 7) is 1.98. The fourth-order valence-electron chi connectivity index (χ4n) is 3.85. The molecular weight excluding hydrogens is 396 g/mol. The van der Waals surface area contributed by atoms with Gasteiger partial charge < -0.3 is 19.4 Å². The molecule has 2 aromatic heterocycles. The maximum atomic E-state index is 12.6. The molecule has 158 valence electrons. The zero-order chi connectivity index (χ0) is 21.8. The Morgan fingerprint density at radius 3 is 2.87 bits per heavy atom. The molecule has 8 nitrogen and oxygen atoms in total. The van der Waals surface area contributed by atoms with Crippen LogP contribution in [0, 0.1) is 17.2 Å². The first-order valence-electron chi connectivity index (χ1n) is 10.1. The van der Waals surface area contributed by atoms with Gasteiger partial charge in [0.15, 0.2) is 11.3 Å². The Bertz CT molecular complexity index is 1210. The van der Waals surface area contributed by atoms with Crippen LogP contribution in [0.5, 0.6) is 5.75 Å². The predicted octanol–water partition coefficient (Wildman–Crippen LogP) is 2.71. The van der Waals surface area contributed by atoms with Crippen molar-refractivity contribution in [2.75, 3.05) is 31.6 Å². The van der Waals surface area contributed by atoms with Crippen LogP contribution in [-0.2, 0) is 0 Å². The topological polar surface area (TPSA) is 108 Å². The van der Waals surface area contributed by atoms with Crippen LogP contribution in [0.3, 0.4) is 0 Å². The molecule has 0 spiro atoms. The van der Waals surface area contributed by atoms with E-state index in [1.54, 1.807) is 36.5 Å². The molecule has 0 bridgehead atoms. The Hall–Kier alpha value is -3.86. The number of methoxy groups -OCH3 is 1. The summed E-state index contributed by atoms with van der Waals surface area (Å²) in [6.07, 6.45) is 3.39. The molecule has 1 aliphatic heterocycles. The predicted molar refractivity (Wildman–Crippen MR) is 115 cm³/mol. The molecule has 8 heteroatoms. The third kappa shape index (κ3) is 4.21. The van der Waals surface area contributed by atoms with Crippen LogP contribution in [0.2, 0.25) is 0 Å². The van der Waals surface area contributed by atoms with Crippen molar-refractivity contribution in [3.63, 3.8) is 0 Å². The minimum atomic E-state index is -0.691. The Morgan fingerprint density at radius 1 is 1.32 bits per heavy atom. The summed E-state index contributed by atoms with van der Waals surface area (Å²) in [6, 6.07) is 12.5. The first kappa shape index (κ1) is 20.4. The molecule has 0 unspecified atom stereocenters. The van der Waals surface area contributed by atoms with E-state index in [9.17, 15) is 14.9 Å². The van der Waals surface area contributed by atoms with Crippen molar-refractivity contribution in [1.29, 1.82) is 5.26 Å². The molecular formula is C23H22N4O4. The summed E-state index contributed by atoms with van der Waals surface area (Å²) in [5.74, 6) is 0.983. The Morgan fingerprint density at radius 2 is 2.13 bits per heavy atom. The van der Waals surface area contributed by atoms with Crippen LogP contribution in [0.4, 0.5) is 5.82 Å². The van der Waals surface area contributed by atoms with E-state index in [1.165, 1.54) is 13.2 Å². The number of fused-ring (bicyclic) bond motifs is 1. The second kappa shape index (κ2) is 8.88. The molecule has 1 amide bonds. The van der Waals surface area contributed by atoms with E-state index in [0.29, 0.717) is 34.6 Å². The SMILES string of the molecule is COc1cccc2cc(C(=O)NCC3CCN(c4ncccc4C#N)CC3)c(=O)oc12. The lowest BCUT2D eigenvalue weighted by Gasteiger charge is -2.33. The van der Waals surface area contributed by atoms with E-state index < -0.39 is 11.5 Å². The van der Waals surface area contributed by atoms with E-state index in [1.807, 2.05) is 0 Å². The van der Waals surface area contributed by atoms with Gasteiger partial charge in [-0.15, -0.1) is 0 Å². The lowest BCUT2D eigenvalue weighted by molar-refractivity contribution is 0.0941. The van der Waals surface area contributed by atoms with Crippen molar-refractivity contribution in [3.05, 3.63) is 64.1 Å². The third-order valence-electron chi connectivity index (χ3n) is 5.56. The van der Waals surface area contributed by atoms with Gasteiger partial charge >= 0.3 is 5.63 Å². The third-order valence-corrected chi connectivity index (χ3v) is 5.56. The van der Waals surface area contributed by atoms with Crippen LogP contribution in [0.25, 0.3) is 11.0 Å². The number of rotatable bonds is 5. The van der Waals surface area contributed by atoms with Gasteiger partial charge in [-0.1, -0.05) is 12.1 Å². The van der Waals surface area contributed by atoms with Crippen molar-refractivity contribution >= 4 is 22.7 Å². The number of carbonyl (C=O) groups is 1. The highest BCUT2D eigenvalue weighted by Crippen LogP contribution is 2.25. The number of aromatic nitrogens is 1. The first-order chi connectivity index (χ1) is 15.1. The van der Waals surface area contributed by atoms with Crippen molar-refractivity contribution in [1.82, 2.24) is 10.3 Å². The van der Waals surface area contributed by atoms with Gasteiger partial charge in [0.05, 0.1) is 12.7 Å². The lowest BCUT2D eigenvalue weighted by atomic mass is 9.96. The molecule has 0 aliphatic carbocycles. The highest BCUT2D eigenvalue weighted by atomic mass is 16.5. The van der Waals surface area contributed by atoms with Gasteiger partial charge in [-0.2, -0.15) is 5.26 Å². The zero-order valence-corrected chi connectivity index (χ0v) is 17.1. The van der Waals surface area contributed by atoms with Crippen LogP contribution in [-0.4, -0.2) is 37.6 Å². The Kier molecular flexibility index (Phi) is 5.85. The van der Waals surface area contributed by atoms with Gasteiger partial charge in [0.1, 0.15) is 17.5 Å². The van der Waals surface area contributed by atoms with Crippen molar-refractivity contribution in [3.8, 4) is 11.8 Å². The van der Waals surface area contributed by atoms with E-state index in [2.05, 4.69) is 21.3 Å². The van der Waals surface area contributed by atoms with Crippen molar-refractivity contribution in [2.45, 2.75) is 12.8 Å². The lowest BCUT2D eigenvalue weighted by Crippen LogP contribution is -2.40. The number of ether oxygens (including phenoxy) is 1. The molecule has 3 aromatic rings. The number of nitriles is 1. The van der Waals surface area contributed by atoms with E-state index in [-0.39, 0.29) is 11.5 Å². The molecule has 31 heavy (non-hydrogen) atoms. The van der Waals surface area contributed by atoms with Crippen molar-refractivity contribution < 1.29 is 13.9 Å². The minimum absolute atomic E-state index is 0.0228. The summed E-state index contributed by atoms with van der Waals surface area (Å²) in [5, 5.41) is 12.8. The summed E-state index contributed by atoms with van der Waals surface area (Å²) in [7, 11) is 1.50. The number of anilines is 1. The van der Waals surface area contributed by atoms with E-state index in [0.717, 1.165) is 25.9 Å². The number of hydrogen-bond donors (Lipinski definition) is 1. The average molecular weight is 418 g/mol. The quantitative estimate of drug-likeness (QED) is 0.635. The van der Waals surface area contributed by atoms with Gasteiger partial charge in [0.2, 0.25) is 0 Å². The minimum Gasteiger partial charge on any atom is -0.493 e. The largest absolute Gasteiger partial charge is 0.493 e. The monoisotopic (exact) mass is 418 g/mol. The number of benzene rings is 1. The summed E-state index contributed by atoms with van der Waals surface area (Å²) >= 11 is 0. The number of hydrogen-bond acceptors (Lipinski definition) is 7. The normalized spacial score (nSPS) is 14.3. The van der Waals surface area contributed by atoms with Crippen LogP contribution >= 0.6 is 0 Å². The number of para-hydroxylation sites is 1. The number of piperidine rings is 1. The van der Waals surface area contributed by atoms with Gasteiger partial charge in [0.25, 0.3) is 5.91 Å². The number of nitrogens with zero attached hydrogens (tertiary/aromatic N) is 3. The summed E-state index contributed by atoms with van der Waals surface area (Å²) in [4.78, 5) is 31.4. The first-order valence-corrected chi connectivity index (χ1v) is 10.1. The second-order valence-corrected chi connectivity index (χ2v) is 7.45. The number of carbonyl (C=O) groups excluding carboxylic acids is 1. The van der Waals surface area contributed by atoms with Crippen LogP contribution in [0.1, 0.15) is 28.8 Å². The maximum Gasteiger partial charge on any atom is 0.349 e.